The minimum Gasteiger partial charge on any atom is -0.338 e. The molecule has 4 rings (SSSR count). The number of hydrogen-bond acceptors (Lipinski definition) is 6. The molecule has 6 heteroatoms. The van der Waals surface area contributed by atoms with Crippen LogP contribution in [0.2, 0.25) is 0 Å². The fourth-order valence-electron chi connectivity index (χ4n) is 3.45. The maximum atomic E-state index is 5.54. The molecule has 98 valence electrons. The highest BCUT2D eigenvalue weighted by molar-refractivity contribution is 5.45. The summed E-state index contributed by atoms with van der Waals surface area (Å²) in [5.74, 6) is 1.93. The van der Waals surface area contributed by atoms with Gasteiger partial charge in [0, 0.05) is 18.9 Å². The molecule has 19 heavy (non-hydrogen) atoms. The molecule has 1 saturated carbocycles. The van der Waals surface area contributed by atoms with Crippen molar-refractivity contribution in [3.05, 3.63) is 24.5 Å². The van der Waals surface area contributed by atoms with Gasteiger partial charge in [0.25, 0.3) is 0 Å². The van der Waals surface area contributed by atoms with Crippen LogP contribution in [0.1, 0.15) is 25.2 Å². The summed E-state index contributed by atoms with van der Waals surface area (Å²) in [7, 11) is 0. The summed E-state index contributed by atoms with van der Waals surface area (Å²) < 4.78 is 5.54. The highest BCUT2D eigenvalue weighted by Gasteiger charge is 2.51. The molecule has 6 nitrogen and oxygen atoms in total. The third-order valence-electron chi connectivity index (χ3n) is 4.43. The number of nitrogens with zero attached hydrogens (tertiary/aromatic N) is 4. The summed E-state index contributed by atoms with van der Waals surface area (Å²) in [6, 6.07) is 0. The number of nitrogens with one attached hydrogen (secondary N) is 1. The van der Waals surface area contributed by atoms with Crippen LogP contribution in [-0.2, 0) is 5.41 Å². The molecule has 0 unspecified atom stereocenters. The van der Waals surface area contributed by atoms with Crippen molar-refractivity contribution in [3.63, 3.8) is 0 Å². The third kappa shape index (κ3) is 1.59. The van der Waals surface area contributed by atoms with Crippen molar-refractivity contribution >= 4 is 0 Å². The van der Waals surface area contributed by atoms with Gasteiger partial charge >= 0.3 is 0 Å². The summed E-state index contributed by atoms with van der Waals surface area (Å²) in [4.78, 5) is 12.8. The second-order valence-corrected chi connectivity index (χ2v) is 5.39. The first kappa shape index (κ1) is 11.0. The quantitative estimate of drug-likeness (QED) is 0.870. The zero-order valence-electron chi connectivity index (χ0n) is 10.5. The van der Waals surface area contributed by atoms with Gasteiger partial charge in [-0.25, -0.2) is 4.98 Å². The van der Waals surface area contributed by atoms with Crippen LogP contribution in [0, 0.1) is 5.92 Å². The fourth-order valence-corrected chi connectivity index (χ4v) is 3.45. The predicted molar refractivity (Wildman–Crippen MR) is 67.2 cm³/mol. The summed E-state index contributed by atoms with van der Waals surface area (Å²) in [5.41, 5.74) is 0.711. The van der Waals surface area contributed by atoms with Crippen LogP contribution < -0.4 is 5.32 Å². The molecule has 2 aliphatic rings. The van der Waals surface area contributed by atoms with Gasteiger partial charge in [-0.15, -0.1) is 0 Å². The molecule has 0 radical (unpaired) electrons. The lowest BCUT2D eigenvalue weighted by molar-refractivity contribution is 0.265. The second-order valence-electron chi connectivity index (χ2n) is 5.39. The normalized spacial score (nSPS) is 29.6. The van der Waals surface area contributed by atoms with Crippen LogP contribution >= 0.6 is 0 Å². The Balaban J connectivity index is 1.72. The molecule has 0 bridgehead atoms. The Labute approximate surface area is 110 Å². The van der Waals surface area contributed by atoms with E-state index >= 15 is 0 Å². The Bertz CT molecular complexity index is 572. The molecular formula is C13H15N5O. The Morgan fingerprint density at radius 2 is 2.37 bits per heavy atom. The summed E-state index contributed by atoms with van der Waals surface area (Å²) in [6.45, 7) is 2.00. The number of fused-ring (bicyclic) bond motifs is 1. The fraction of sp³-hybridized carbons (Fsp3) is 0.538. The van der Waals surface area contributed by atoms with E-state index in [1.165, 1.54) is 12.8 Å². The van der Waals surface area contributed by atoms with E-state index in [1.54, 1.807) is 18.6 Å². The molecule has 1 aliphatic carbocycles. The highest BCUT2D eigenvalue weighted by atomic mass is 16.5. The molecular weight excluding hydrogens is 242 g/mol. The van der Waals surface area contributed by atoms with Crippen molar-refractivity contribution in [2.45, 2.75) is 24.7 Å². The molecule has 2 fully saturated rings. The zero-order chi connectivity index (χ0) is 12.7. The molecule has 0 spiro atoms. The van der Waals surface area contributed by atoms with Crippen LogP contribution in [0.3, 0.4) is 0 Å². The maximum absolute atomic E-state index is 5.54. The minimum absolute atomic E-state index is 0.0491. The van der Waals surface area contributed by atoms with Gasteiger partial charge in [-0.3, -0.25) is 4.98 Å². The molecule has 3 heterocycles. The molecule has 0 amide bonds. The molecule has 1 saturated heterocycles. The van der Waals surface area contributed by atoms with Gasteiger partial charge in [0.05, 0.1) is 11.6 Å². The lowest BCUT2D eigenvalue weighted by Crippen LogP contribution is -2.31. The van der Waals surface area contributed by atoms with Crippen LogP contribution in [-0.4, -0.2) is 33.2 Å². The first-order valence-electron chi connectivity index (χ1n) is 6.70. The van der Waals surface area contributed by atoms with Crippen molar-refractivity contribution in [3.8, 4) is 11.5 Å². The van der Waals surface area contributed by atoms with Crippen molar-refractivity contribution in [2.75, 3.05) is 13.1 Å². The number of aromatic nitrogens is 4. The largest absolute Gasteiger partial charge is 0.338 e. The Morgan fingerprint density at radius 1 is 1.37 bits per heavy atom. The Kier molecular flexibility index (Phi) is 2.38. The van der Waals surface area contributed by atoms with Gasteiger partial charge in [-0.2, -0.15) is 4.98 Å². The first-order valence-corrected chi connectivity index (χ1v) is 6.70. The number of hydrogen-bond donors (Lipinski definition) is 1. The van der Waals surface area contributed by atoms with Gasteiger partial charge in [0.2, 0.25) is 11.7 Å². The third-order valence-corrected chi connectivity index (χ3v) is 4.43. The summed E-state index contributed by atoms with van der Waals surface area (Å²) in [5, 5.41) is 7.53. The van der Waals surface area contributed by atoms with Crippen molar-refractivity contribution < 1.29 is 4.52 Å². The number of rotatable bonds is 2. The van der Waals surface area contributed by atoms with Crippen molar-refractivity contribution in [1.29, 1.82) is 0 Å². The van der Waals surface area contributed by atoms with E-state index in [4.69, 9.17) is 4.52 Å². The van der Waals surface area contributed by atoms with Crippen molar-refractivity contribution in [1.82, 2.24) is 25.4 Å². The average Bonchev–Trinajstić information content (AvgIpc) is 3.14. The molecule has 2 atom stereocenters. The van der Waals surface area contributed by atoms with Crippen LogP contribution in [0.15, 0.2) is 23.1 Å². The van der Waals surface area contributed by atoms with E-state index in [-0.39, 0.29) is 5.41 Å². The minimum atomic E-state index is 0.0491. The first-order chi connectivity index (χ1) is 9.38. The van der Waals surface area contributed by atoms with Crippen molar-refractivity contribution in [2.24, 2.45) is 5.92 Å². The SMILES string of the molecule is c1cnc(-c2noc([C@@]34CCC[C@H]3CNC4)n2)cn1. The van der Waals surface area contributed by atoms with Gasteiger partial charge in [-0.05, 0) is 25.3 Å². The molecule has 2 aromatic heterocycles. The summed E-state index contributed by atoms with van der Waals surface area (Å²) in [6.07, 6.45) is 8.55. The van der Waals surface area contributed by atoms with E-state index in [0.717, 1.165) is 25.4 Å². The smallest absolute Gasteiger partial charge is 0.234 e. The van der Waals surface area contributed by atoms with Crippen LogP contribution in [0.5, 0.6) is 0 Å². The van der Waals surface area contributed by atoms with Crippen LogP contribution in [0.25, 0.3) is 11.5 Å². The molecule has 1 aliphatic heterocycles. The monoisotopic (exact) mass is 257 g/mol. The van der Waals surface area contributed by atoms with Crippen LogP contribution in [0.4, 0.5) is 0 Å². The summed E-state index contributed by atoms with van der Waals surface area (Å²) >= 11 is 0. The van der Waals surface area contributed by atoms with Gasteiger partial charge in [-0.1, -0.05) is 11.6 Å². The van der Waals surface area contributed by atoms with Gasteiger partial charge in [0.15, 0.2) is 0 Å². The topological polar surface area (TPSA) is 76.7 Å². The lowest BCUT2D eigenvalue weighted by Gasteiger charge is -2.22. The molecule has 2 aromatic rings. The lowest BCUT2D eigenvalue weighted by atomic mass is 9.80. The standard InChI is InChI=1S/C13H15N5O/c1-2-9-6-15-8-13(9,3-1)12-17-11(18-19-12)10-7-14-4-5-16-10/h4-5,7,9,15H,1-3,6,8H2/t9-,13+/m0/s1. The van der Waals surface area contributed by atoms with E-state index in [2.05, 4.69) is 25.4 Å². The average molecular weight is 257 g/mol. The Morgan fingerprint density at radius 3 is 3.26 bits per heavy atom. The van der Waals surface area contributed by atoms with E-state index in [1.807, 2.05) is 0 Å². The second kappa shape index (κ2) is 4.09. The highest BCUT2D eigenvalue weighted by Crippen LogP contribution is 2.47. The van der Waals surface area contributed by atoms with E-state index in [0.29, 0.717) is 17.4 Å². The van der Waals surface area contributed by atoms with E-state index < -0.39 is 0 Å². The Hall–Kier alpha value is -1.82. The molecule has 0 aromatic carbocycles. The zero-order valence-corrected chi connectivity index (χ0v) is 10.5. The van der Waals surface area contributed by atoms with Gasteiger partial charge < -0.3 is 9.84 Å². The predicted octanol–water partition coefficient (Wildman–Crippen LogP) is 1.17. The maximum Gasteiger partial charge on any atom is 0.234 e. The van der Waals surface area contributed by atoms with Gasteiger partial charge in [0.1, 0.15) is 5.69 Å². The molecule has 1 N–H and O–H groups in total. The van der Waals surface area contributed by atoms with E-state index in [9.17, 15) is 0 Å².